The van der Waals surface area contributed by atoms with Crippen molar-refractivity contribution in [3.8, 4) is 5.75 Å². The van der Waals surface area contributed by atoms with Crippen molar-refractivity contribution in [3.05, 3.63) is 69.8 Å². The van der Waals surface area contributed by atoms with Gasteiger partial charge in [-0.2, -0.15) is 0 Å². The van der Waals surface area contributed by atoms with Gasteiger partial charge in [0.2, 0.25) is 0 Å². The first-order valence-electron chi connectivity index (χ1n) is 7.19. The maximum atomic E-state index is 12.3. The number of esters is 1. The Kier molecular flexibility index (Phi) is 5.62. The predicted molar refractivity (Wildman–Crippen MR) is 85.1 cm³/mol. The molecule has 0 saturated heterocycles. The van der Waals surface area contributed by atoms with Crippen LogP contribution in [0.3, 0.4) is 0 Å². The zero-order chi connectivity index (χ0) is 17.5. The second-order valence-electron chi connectivity index (χ2n) is 4.75. The average Bonchev–Trinajstić information content (AvgIpc) is 2.60. The molecule has 0 saturated carbocycles. The molecule has 2 rings (SSSR count). The Bertz CT molecular complexity index is 737. The van der Waals surface area contributed by atoms with Crippen molar-refractivity contribution in [1.82, 2.24) is 0 Å². The van der Waals surface area contributed by atoms with E-state index in [0.717, 1.165) is 0 Å². The summed E-state index contributed by atoms with van der Waals surface area (Å²) >= 11 is 0. The molecule has 0 heterocycles. The van der Waals surface area contributed by atoms with Crippen molar-refractivity contribution in [3.63, 3.8) is 0 Å². The van der Waals surface area contributed by atoms with Crippen molar-refractivity contribution in [2.24, 2.45) is 0 Å². The highest BCUT2D eigenvalue weighted by Gasteiger charge is 2.12. The second-order valence-corrected chi connectivity index (χ2v) is 4.75. The zero-order valence-electron chi connectivity index (χ0n) is 12.9. The Balaban J connectivity index is 2.03. The first kappa shape index (κ1) is 17.1. The van der Waals surface area contributed by atoms with Gasteiger partial charge in [0.05, 0.1) is 11.5 Å². The molecule has 0 fully saturated rings. The lowest BCUT2D eigenvalue weighted by atomic mass is 10.0. The molecule has 124 valence electrons. The molecular formula is C17H15NO6. The van der Waals surface area contributed by atoms with Gasteiger partial charge >= 0.3 is 5.97 Å². The van der Waals surface area contributed by atoms with Crippen LogP contribution in [0.25, 0.3) is 0 Å². The van der Waals surface area contributed by atoms with Crippen molar-refractivity contribution >= 4 is 17.4 Å². The molecule has 0 atom stereocenters. The minimum atomic E-state index is -0.524. The van der Waals surface area contributed by atoms with Gasteiger partial charge in [0.1, 0.15) is 5.75 Å². The summed E-state index contributed by atoms with van der Waals surface area (Å²) in [5.74, 6) is -0.298. The second kappa shape index (κ2) is 7.87. The summed E-state index contributed by atoms with van der Waals surface area (Å²) in [5.41, 5.74) is 0.683. The Labute approximate surface area is 138 Å². The summed E-state index contributed by atoms with van der Waals surface area (Å²) in [6.45, 7) is 1.78. The number of hydrogen-bond acceptors (Lipinski definition) is 6. The Morgan fingerprint density at radius 3 is 2.04 bits per heavy atom. The summed E-state index contributed by atoms with van der Waals surface area (Å²) in [6.07, 6.45) is 0. The number of hydrogen-bond donors (Lipinski definition) is 0. The van der Waals surface area contributed by atoms with E-state index >= 15 is 0 Å². The molecule has 0 aromatic heterocycles. The van der Waals surface area contributed by atoms with Gasteiger partial charge < -0.3 is 9.47 Å². The highest BCUT2D eigenvalue weighted by Crippen LogP contribution is 2.18. The smallest absolute Gasteiger partial charge is 0.344 e. The van der Waals surface area contributed by atoms with E-state index in [-0.39, 0.29) is 24.7 Å². The lowest BCUT2D eigenvalue weighted by Gasteiger charge is -2.06. The number of nitro groups is 1. The number of carbonyl (C=O) groups excluding carboxylic acids is 2. The topological polar surface area (TPSA) is 95.7 Å². The zero-order valence-corrected chi connectivity index (χ0v) is 12.9. The van der Waals surface area contributed by atoms with Crippen LogP contribution in [0.5, 0.6) is 5.75 Å². The van der Waals surface area contributed by atoms with E-state index in [0.29, 0.717) is 16.9 Å². The van der Waals surface area contributed by atoms with Crippen LogP contribution in [0, 0.1) is 10.1 Å². The molecule has 2 aromatic rings. The maximum absolute atomic E-state index is 12.3. The van der Waals surface area contributed by atoms with Crippen molar-refractivity contribution in [2.75, 3.05) is 13.2 Å². The Morgan fingerprint density at radius 1 is 1.00 bits per heavy atom. The van der Waals surface area contributed by atoms with Crippen molar-refractivity contribution < 1.29 is 24.0 Å². The molecule has 0 spiro atoms. The molecule has 0 radical (unpaired) electrons. The normalized spacial score (nSPS) is 10.0. The first-order valence-corrected chi connectivity index (χ1v) is 7.19. The first-order chi connectivity index (χ1) is 11.5. The molecule has 7 nitrogen and oxygen atoms in total. The molecule has 0 N–H and O–H groups in total. The Morgan fingerprint density at radius 2 is 1.54 bits per heavy atom. The summed E-state index contributed by atoms with van der Waals surface area (Å²) in [5, 5.41) is 10.6. The van der Waals surface area contributed by atoms with E-state index in [4.69, 9.17) is 9.47 Å². The highest BCUT2D eigenvalue weighted by atomic mass is 16.6. The van der Waals surface area contributed by atoms with Gasteiger partial charge in [0.25, 0.3) is 5.69 Å². The number of nitrogens with zero attached hydrogens (tertiary/aromatic N) is 1. The van der Waals surface area contributed by atoms with E-state index in [1.807, 2.05) is 0 Å². The highest BCUT2D eigenvalue weighted by molar-refractivity contribution is 6.09. The standard InChI is InChI=1S/C17H15NO6/c1-2-23-16(19)11-24-15-9-5-13(6-10-15)17(20)12-3-7-14(8-4-12)18(21)22/h3-10H,2,11H2,1H3. The van der Waals surface area contributed by atoms with Gasteiger partial charge in [-0.15, -0.1) is 0 Å². The van der Waals surface area contributed by atoms with E-state index in [9.17, 15) is 19.7 Å². The molecule has 24 heavy (non-hydrogen) atoms. The molecule has 0 amide bonds. The van der Waals surface area contributed by atoms with Gasteiger partial charge in [-0.3, -0.25) is 14.9 Å². The van der Waals surface area contributed by atoms with Crippen LogP contribution < -0.4 is 4.74 Å². The van der Waals surface area contributed by atoms with Crippen molar-refractivity contribution in [1.29, 1.82) is 0 Å². The van der Waals surface area contributed by atoms with Crippen LogP contribution in [-0.2, 0) is 9.53 Å². The van der Waals surface area contributed by atoms with Crippen LogP contribution in [-0.4, -0.2) is 29.9 Å². The van der Waals surface area contributed by atoms with E-state index in [1.54, 1.807) is 31.2 Å². The molecule has 0 aliphatic rings. The van der Waals surface area contributed by atoms with Crippen LogP contribution in [0.1, 0.15) is 22.8 Å². The van der Waals surface area contributed by atoms with Gasteiger partial charge in [0.15, 0.2) is 12.4 Å². The fourth-order valence-corrected chi connectivity index (χ4v) is 1.95. The molecule has 7 heteroatoms. The number of non-ortho nitro benzene ring substituents is 1. The number of ketones is 1. The van der Waals surface area contributed by atoms with Crippen LogP contribution in [0.15, 0.2) is 48.5 Å². The summed E-state index contributed by atoms with van der Waals surface area (Å²) < 4.78 is 9.99. The fourth-order valence-electron chi connectivity index (χ4n) is 1.95. The van der Waals surface area contributed by atoms with E-state index in [1.165, 1.54) is 24.3 Å². The Hall–Kier alpha value is -3.22. The van der Waals surface area contributed by atoms with Gasteiger partial charge in [-0.05, 0) is 43.3 Å². The van der Waals surface area contributed by atoms with Crippen LogP contribution in [0.4, 0.5) is 5.69 Å². The molecule has 0 unspecified atom stereocenters. The summed E-state index contributed by atoms with van der Waals surface area (Å²) in [7, 11) is 0. The van der Waals surface area contributed by atoms with Gasteiger partial charge in [-0.1, -0.05) is 0 Å². The fraction of sp³-hybridized carbons (Fsp3) is 0.176. The van der Waals surface area contributed by atoms with Crippen LogP contribution in [0.2, 0.25) is 0 Å². The van der Waals surface area contributed by atoms with Crippen molar-refractivity contribution in [2.45, 2.75) is 6.92 Å². The van der Waals surface area contributed by atoms with E-state index < -0.39 is 10.9 Å². The van der Waals surface area contributed by atoms with E-state index in [2.05, 4.69) is 0 Å². The average molecular weight is 329 g/mol. The number of rotatable bonds is 7. The maximum Gasteiger partial charge on any atom is 0.344 e. The van der Waals surface area contributed by atoms with Crippen LogP contribution >= 0.6 is 0 Å². The number of ether oxygens (including phenoxy) is 2. The summed E-state index contributed by atoms with van der Waals surface area (Å²) in [6, 6.07) is 11.6. The lowest BCUT2D eigenvalue weighted by molar-refractivity contribution is -0.384. The number of nitro benzene ring substituents is 1. The monoisotopic (exact) mass is 329 g/mol. The predicted octanol–water partition coefficient (Wildman–Crippen LogP) is 2.77. The molecule has 0 bridgehead atoms. The third-order valence-corrected chi connectivity index (χ3v) is 3.12. The minimum Gasteiger partial charge on any atom is -0.482 e. The minimum absolute atomic E-state index is 0.0748. The molecule has 0 aliphatic heterocycles. The largest absolute Gasteiger partial charge is 0.482 e. The summed E-state index contributed by atoms with van der Waals surface area (Å²) in [4.78, 5) is 33.6. The molecule has 2 aromatic carbocycles. The third-order valence-electron chi connectivity index (χ3n) is 3.12. The quantitative estimate of drug-likeness (QED) is 0.335. The SMILES string of the molecule is CCOC(=O)COc1ccc(C(=O)c2ccc([N+](=O)[O-])cc2)cc1. The van der Waals surface area contributed by atoms with Gasteiger partial charge in [0, 0.05) is 23.3 Å². The molecular weight excluding hydrogens is 314 g/mol. The number of carbonyl (C=O) groups is 2. The number of benzene rings is 2. The molecule has 0 aliphatic carbocycles. The third kappa shape index (κ3) is 4.39. The van der Waals surface area contributed by atoms with Gasteiger partial charge in [-0.25, -0.2) is 4.79 Å². The lowest BCUT2D eigenvalue weighted by Crippen LogP contribution is -2.14.